The molecule has 0 unspecified atom stereocenters. The van der Waals surface area contributed by atoms with Crippen molar-refractivity contribution in [2.75, 3.05) is 16.8 Å². The Balaban J connectivity index is 2.07. The molecule has 0 aliphatic rings. The molecule has 3 rings (SSSR count). The lowest BCUT2D eigenvalue weighted by atomic mass is 10.2. The molecule has 138 valence electrons. The van der Waals surface area contributed by atoms with Gasteiger partial charge in [-0.3, -0.25) is 10.1 Å². The summed E-state index contributed by atoms with van der Waals surface area (Å²) in [5.41, 5.74) is 0.845. The summed E-state index contributed by atoms with van der Waals surface area (Å²) in [6.45, 7) is 2.33. The summed E-state index contributed by atoms with van der Waals surface area (Å²) >= 11 is 5.78. The molecule has 7 nitrogen and oxygen atoms in total. The van der Waals surface area contributed by atoms with E-state index in [4.69, 9.17) is 11.6 Å². The lowest BCUT2D eigenvalue weighted by molar-refractivity contribution is -0.383. The summed E-state index contributed by atoms with van der Waals surface area (Å²) in [6, 6.07) is 13.1. The number of aromatic nitrogens is 2. The van der Waals surface area contributed by atoms with Crippen molar-refractivity contribution in [1.29, 1.82) is 0 Å². The van der Waals surface area contributed by atoms with Crippen molar-refractivity contribution >= 4 is 40.3 Å². The van der Waals surface area contributed by atoms with Crippen LogP contribution in [0.15, 0.2) is 54.9 Å². The number of rotatable bonds is 6. The second-order valence-corrected chi connectivity index (χ2v) is 5.89. The van der Waals surface area contributed by atoms with Gasteiger partial charge in [-0.1, -0.05) is 29.8 Å². The first-order valence-corrected chi connectivity index (χ1v) is 8.43. The maximum atomic E-state index is 13.3. The average Bonchev–Trinajstić information content (AvgIpc) is 2.66. The Morgan fingerprint density at radius 1 is 1.22 bits per heavy atom. The van der Waals surface area contributed by atoms with Gasteiger partial charge in [-0.2, -0.15) is 0 Å². The summed E-state index contributed by atoms with van der Waals surface area (Å²) in [5, 5.41) is 14.5. The topological polar surface area (TPSA) is 84.2 Å². The molecule has 0 aliphatic carbocycles. The van der Waals surface area contributed by atoms with Gasteiger partial charge in [0.2, 0.25) is 11.6 Å². The van der Waals surface area contributed by atoms with Crippen molar-refractivity contribution in [1.82, 2.24) is 9.97 Å². The lowest BCUT2D eigenvalue weighted by Gasteiger charge is -2.22. The quantitative estimate of drug-likeness (QED) is 0.469. The number of nitrogens with zero attached hydrogens (tertiary/aromatic N) is 4. The number of halogens is 2. The molecule has 1 aromatic heterocycles. The zero-order valence-electron chi connectivity index (χ0n) is 14.3. The number of para-hydroxylation sites is 1. The fourth-order valence-corrected chi connectivity index (χ4v) is 2.78. The minimum atomic E-state index is -0.582. The number of hydrogen-bond acceptors (Lipinski definition) is 6. The third-order valence-electron chi connectivity index (χ3n) is 3.81. The largest absolute Gasteiger partial charge is 0.354 e. The molecule has 1 N–H and O–H groups in total. The van der Waals surface area contributed by atoms with Crippen LogP contribution in [0, 0.1) is 15.9 Å². The molecule has 9 heteroatoms. The molecule has 0 saturated heterocycles. The second-order valence-electron chi connectivity index (χ2n) is 5.49. The van der Waals surface area contributed by atoms with Crippen LogP contribution < -0.4 is 10.2 Å². The van der Waals surface area contributed by atoms with Crippen LogP contribution in [0.5, 0.6) is 0 Å². The van der Waals surface area contributed by atoms with E-state index in [2.05, 4.69) is 15.3 Å². The molecule has 0 bridgehead atoms. The van der Waals surface area contributed by atoms with E-state index < -0.39 is 10.7 Å². The summed E-state index contributed by atoms with van der Waals surface area (Å²) in [5.74, 6) is -0.442. The molecular weight excluding hydrogens is 373 g/mol. The van der Waals surface area contributed by atoms with Crippen molar-refractivity contribution in [2.45, 2.75) is 6.92 Å². The van der Waals surface area contributed by atoms with Crippen LogP contribution in [0.2, 0.25) is 5.02 Å². The van der Waals surface area contributed by atoms with Crippen LogP contribution in [0.3, 0.4) is 0 Å². The number of anilines is 4. The molecule has 0 spiro atoms. The highest BCUT2D eigenvalue weighted by molar-refractivity contribution is 6.31. The Morgan fingerprint density at radius 3 is 2.59 bits per heavy atom. The number of nitrogens with one attached hydrogen (secondary N) is 1. The van der Waals surface area contributed by atoms with Crippen LogP contribution in [0.1, 0.15) is 6.92 Å². The van der Waals surface area contributed by atoms with Gasteiger partial charge in [-0.05, 0) is 37.3 Å². The molecule has 27 heavy (non-hydrogen) atoms. The Hall–Kier alpha value is -3.26. The van der Waals surface area contributed by atoms with Gasteiger partial charge < -0.3 is 10.2 Å². The minimum Gasteiger partial charge on any atom is -0.334 e. The van der Waals surface area contributed by atoms with E-state index in [0.29, 0.717) is 12.2 Å². The molecule has 0 amide bonds. The number of hydrogen-bond donors (Lipinski definition) is 1. The predicted octanol–water partition coefficient (Wildman–Crippen LogP) is 5.08. The van der Waals surface area contributed by atoms with Crippen molar-refractivity contribution in [3.05, 3.63) is 75.8 Å². The molecule has 0 radical (unpaired) electrons. The van der Waals surface area contributed by atoms with E-state index in [-0.39, 0.29) is 22.3 Å². The first-order valence-electron chi connectivity index (χ1n) is 8.05. The first-order chi connectivity index (χ1) is 13.0. The molecule has 2 aromatic carbocycles. The molecular formula is C18H15ClFN5O2. The van der Waals surface area contributed by atoms with Gasteiger partial charge in [0.05, 0.1) is 9.95 Å². The summed E-state index contributed by atoms with van der Waals surface area (Å²) in [4.78, 5) is 21.1. The van der Waals surface area contributed by atoms with Crippen LogP contribution in [-0.2, 0) is 0 Å². The van der Waals surface area contributed by atoms with E-state index in [1.807, 2.05) is 37.3 Å². The van der Waals surface area contributed by atoms with E-state index in [1.165, 1.54) is 24.5 Å². The van der Waals surface area contributed by atoms with Gasteiger partial charge in [0.15, 0.2) is 0 Å². The maximum Gasteiger partial charge on any atom is 0.354 e. The fraction of sp³-hybridized carbons (Fsp3) is 0.111. The SMILES string of the molecule is CCN(c1ccccc1)c1ncnc(Nc2ccc(F)c(Cl)c2)c1[N+](=O)[O-]. The molecule has 0 atom stereocenters. The monoisotopic (exact) mass is 387 g/mol. The third-order valence-corrected chi connectivity index (χ3v) is 4.10. The lowest BCUT2D eigenvalue weighted by Crippen LogP contribution is -2.19. The van der Waals surface area contributed by atoms with Gasteiger partial charge in [0, 0.05) is 17.9 Å². The van der Waals surface area contributed by atoms with E-state index in [1.54, 1.807) is 4.90 Å². The number of benzene rings is 2. The summed E-state index contributed by atoms with van der Waals surface area (Å²) in [6.07, 6.45) is 1.24. The smallest absolute Gasteiger partial charge is 0.334 e. The van der Waals surface area contributed by atoms with Crippen LogP contribution in [0.4, 0.5) is 33.1 Å². The standard InChI is InChI=1S/C18H15ClFN5O2/c1-2-24(13-6-4-3-5-7-13)18-16(25(26)27)17(21-11-22-18)23-12-8-9-15(20)14(19)10-12/h3-11H,2H2,1H3,(H,21,22,23). The normalized spacial score (nSPS) is 10.5. The molecule has 0 aliphatic heterocycles. The minimum absolute atomic E-state index is 0.0120. The van der Waals surface area contributed by atoms with Crippen molar-refractivity contribution in [3.8, 4) is 0 Å². The van der Waals surface area contributed by atoms with Gasteiger partial charge in [-0.15, -0.1) is 0 Å². The Bertz CT molecular complexity index is 971. The van der Waals surface area contributed by atoms with Crippen molar-refractivity contribution in [3.63, 3.8) is 0 Å². The van der Waals surface area contributed by atoms with E-state index in [9.17, 15) is 14.5 Å². The fourth-order valence-electron chi connectivity index (χ4n) is 2.60. The van der Waals surface area contributed by atoms with Crippen LogP contribution >= 0.6 is 11.6 Å². The zero-order valence-corrected chi connectivity index (χ0v) is 15.0. The van der Waals surface area contributed by atoms with Crippen molar-refractivity contribution in [2.24, 2.45) is 0 Å². The highest BCUT2D eigenvalue weighted by Gasteiger charge is 2.27. The number of nitro groups is 1. The van der Waals surface area contributed by atoms with E-state index >= 15 is 0 Å². The average molecular weight is 388 g/mol. The third kappa shape index (κ3) is 3.95. The molecule has 0 fully saturated rings. The van der Waals surface area contributed by atoms with Crippen LogP contribution in [0.25, 0.3) is 0 Å². The highest BCUT2D eigenvalue weighted by atomic mass is 35.5. The Labute approximate surface area is 159 Å². The Kier molecular flexibility index (Phi) is 5.46. The molecule has 3 aromatic rings. The van der Waals surface area contributed by atoms with Gasteiger partial charge in [0.1, 0.15) is 12.1 Å². The second kappa shape index (κ2) is 7.96. The summed E-state index contributed by atoms with van der Waals surface area (Å²) < 4.78 is 13.3. The summed E-state index contributed by atoms with van der Waals surface area (Å²) in [7, 11) is 0. The maximum absolute atomic E-state index is 13.3. The Morgan fingerprint density at radius 2 is 1.96 bits per heavy atom. The van der Waals surface area contributed by atoms with E-state index in [0.717, 1.165) is 5.69 Å². The molecule has 1 heterocycles. The highest BCUT2D eigenvalue weighted by Crippen LogP contribution is 2.37. The van der Waals surface area contributed by atoms with Crippen molar-refractivity contribution < 1.29 is 9.31 Å². The van der Waals surface area contributed by atoms with Gasteiger partial charge in [0.25, 0.3) is 0 Å². The van der Waals surface area contributed by atoms with Crippen LogP contribution in [-0.4, -0.2) is 21.4 Å². The first kappa shape index (κ1) is 18.5. The van der Waals surface area contributed by atoms with Gasteiger partial charge >= 0.3 is 5.69 Å². The predicted molar refractivity (Wildman–Crippen MR) is 103 cm³/mol. The molecule has 0 saturated carbocycles. The van der Waals surface area contributed by atoms with Gasteiger partial charge in [-0.25, -0.2) is 14.4 Å². The zero-order chi connectivity index (χ0) is 19.4.